The topological polar surface area (TPSA) is 37.4 Å². The van der Waals surface area contributed by atoms with Crippen LogP contribution < -0.4 is 0 Å². The highest BCUT2D eigenvalue weighted by Gasteiger charge is 2.07. The van der Waals surface area contributed by atoms with Crippen molar-refractivity contribution in [3.8, 4) is 0 Å². The molecule has 0 aliphatic carbocycles. The molecule has 0 saturated carbocycles. The van der Waals surface area contributed by atoms with Crippen molar-refractivity contribution in [2.24, 2.45) is 0 Å². The number of hydrogen-bond donors (Lipinski definition) is 0. The Kier molecular flexibility index (Phi) is 9.26. The zero-order chi connectivity index (χ0) is 21.1. The quantitative estimate of drug-likeness (QED) is 0.491. The molecule has 0 radical (unpaired) electrons. The van der Waals surface area contributed by atoms with Crippen molar-refractivity contribution < 1.29 is 9.59 Å². The normalized spacial score (nSPS) is 11.6. The average molecular weight is 390 g/mol. The predicted octanol–water partition coefficient (Wildman–Crippen LogP) is 5.27. The van der Waals surface area contributed by atoms with Gasteiger partial charge in [0.25, 0.3) is 0 Å². The van der Waals surface area contributed by atoms with Crippen LogP contribution in [0.15, 0.2) is 60.7 Å². The van der Waals surface area contributed by atoms with Gasteiger partial charge in [0.05, 0.1) is 0 Å². The molecule has 0 aromatic heterocycles. The molecule has 0 aliphatic rings. The molecule has 0 atom stereocenters. The molecule has 0 fully saturated rings. The number of rotatable bonds is 11. The van der Waals surface area contributed by atoms with Crippen LogP contribution in [-0.4, -0.2) is 36.1 Å². The van der Waals surface area contributed by atoms with Crippen molar-refractivity contribution in [2.45, 2.75) is 33.6 Å². The van der Waals surface area contributed by atoms with Crippen LogP contribution in [0, 0.1) is 13.8 Å². The Morgan fingerprint density at radius 1 is 0.724 bits per heavy atom. The fourth-order valence-corrected chi connectivity index (χ4v) is 2.86. The van der Waals surface area contributed by atoms with Crippen LogP contribution in [0.3, 0.4) is 0 Å². The van der Waals surface area contributed by atoms with Crippen molar-refractivity contribution in [1.82, 2.24) is 4.90 Å². The number of nitrogens with zero attached hydrogens (tertiary/aromatic N) is 1. The van der Waals surface area contributed by atoms with Crippen LogP contribution in [0.5, 0.6) is 0 Å². The Hall–Kier alpha value is -2.78. The van der Waals surface area contributed by atoms with Gasteiger partial charge < -0.3 is 4.90 Å². The van der Waals surface area contributed by atoms with E-state index >= 15 is 0 Å². The highest BCUT2D eigenvalue weighted by molar-refractivity contribution is 5.94. The summed E-state index contributed by atoms with van der Waals surface area (Å²) < 4.78 is 0. The molecule has 0 heterocycles. The summed E-state index contributed by atoms with van der Waals surface area (Å²) in [5, 5.41) is 0. The maximum Gasteiger partial charge on any atom is 0.156 e. The van der Waals surface area contributed by atoms with Gasteiger partial charge in [-0.05, 0) is 43.7 Å². The maximum atomic E-state index is 12.1. The summed E-state index contributed by atoms with van der Waals surface area (Å²) in [4.78, 5) is 26.4. The first-order valence-electron chi connectivity index (χ1n) is 10.2. The molecule has 0 spiro atoms. The molecular formula is C26H31NO2. The van der Waals surface area contributed by atoms with Gasteiger partial charge in [0.1, 0.15) is 0 Å². The molecule has 0 saturated heterocycles. The molecule has 2 aromatic rings. The second kappa shape index (κ2) is 11.9. The summed E-state index contributed by atoms with van der Waals surface area (Å²) in [7, 11) is 0. The molecule has 0 N–H and O–H groups in total. The molecule has 0 aliphatic heterocycles. The van der Waals surface area contributed by atoms with Crippen LogP contribution in [0.1, 0.15) is 42.0 Å². The lowest BCUT2D eigenvalue weighted by Gasteiger charge is -2.18. The molecule has 0 bridgehead atoms. The van der Waals surface area contributed by atoms with Crippen molar-refractivity contribution in [1.29, 1.82) is 0 Å². The van der Waals surface area contributed by atoms with Crippen molar-refractivity contribution in [3.63, 3.8) is 0 Å². The predicted molar refractivity (Wildman–Crippen MR) is 122 cm³/mol. The van der Waals surface area contributed by atoms with Crippen LogP contribution in [0.4, 0.5) is 0 Å². The van der Waals surface area contributed by atoms with E-state index in [1.807, 2.05) is 74.5 Å². The van der Waals surface area contributed by atoms with Crippen molar-refractivity contribution in [3.05, 3.63) is 82.9 Å². The fraction of sp³-hybridized carbons (Fsp3) is 0.308. The Bertz CT molecular complexity index is 774. The SMILES string of the molecule is CCN(CCC(=O)/C=C/c1ccc(C)cc1)CCC(=O)/C=C/c1ccc(C)cc1. The van der Waals surface area contributed by atoms with Crippen molar-refractivity contribution >= 4 is 23.7 Å². The molecule has 3 nitrogen and oxygen atoms in total. The van der Waals surface area contributed by atoms with Gasteiger partial charge >= 0.3 is 0 Å². The lowest BCUT2D eigenvalue weighted by Crippen LogP contribution is -2.28. The third-order valence-electron chi connectivity index (χ3n) is 4.87. The zero-order valence-electron chi connectivity index (χ0n) is 17.7. The van der Waals surface area contributed by atoms with Crippen LogP contribution in [0.25, 0.3) is 12.2 Å². The molecule has 0 amide bonds. The number of carbonyl (C=O) groups excluding carboxylic acids is 2. The number of ketones is 2. The first-order chi connectivity index (χ1) is 14.0. The summed E-state index contributed by atoms with van der Waals surface area (Å²) in [6, 6.07) is 16.2. The minimum absolute atomic E-state index is 0.106. The molecule has 3 heteroatoms. The maximum absolute atomic E-state index is 12.1. The Labute approximate surface area is 174 Å². The number of carbonyl (C=O) groups is 2. The van der Waals surface area contributed by atoms with E-state index in [9.17, 15) is 9.59 Å². The number of aryl methyl sites for hydroxylation is 2. The lowest BCUT2D eigenvalue weighted by atomic mass is 10.1. The van der Waals surface area contributed by atoms with E-state index in [1.54, 1.807) is 12.2 Å². The number of hydrogen-bond acceptors (Lipinski definition) is 3. The second-order valence-corrected chi connectivity index (χ2v) is 7.35. The number of benzene rings is 2. The molecular weight excluding hydrogens is 358 g/mol. The Morgan fingerprint density at radius 3 is 1.45 bits per heavy atom. The van der Waals surface area contributed by atoms with Gasteiger partial charge in [-0.15, -0.1) is 0 Å². The minimum Gasteiger partial charge on any atom is -0.303 e. The molecule has 2 aromatic carbocycles. The second-order valence-electron chi connectivity index (χ2n) is 7.35. The van der Waals surface area contributed by atoms with E-state index in [-0.39, 0.29) is 11.6 Å². The van der Waals surface area contributed by atoms with Gasteiger partial charge in [-0.2, -0.15) is 0 Å². The van der Waals surface area contributed by atoms with Gasteiger partial charge in [-0.3, -0.25) is 9.59 Å². The standard InChI is InChI=1S/C26H31NO2/c1-4-27(19-17-25(28)15-13-23-9-5-21(2)6-10-23)20-18-26(29)16-14-24-11-7-22(3)8-12-24/h5-16H,4,17-20H2,1-3H3/b15-13+,16-14+. The van der Waals surface area contributed by atoms with Gasteiger partial charge in [-0.1, -0.05) is 78.7 Å². The van der Waals surface area contributed by atoms with Gasteiger partial charge in [0.2, 0.25) is 0 Å². The van der Waals surface area contributed by atoms with Gasteiger partial charge in [0.15, 0.2) is 11.6 Å². The summed E-state index contributed by atoms with van der Waals surface area (Å²) in [6.45, 7) is 8.30. The van der Waals surface area contributed by atoms with Gasteiger partial charge in [0, 0.05) is 25.9 Å². The third-order valence-corrected chi connectivity index (χ3v) is 4.87. The van der Waals surface area contributed by atoms with E-state index in [4.69, 9.17) is 0 Å². The fourth-order valence-electron chi connectivity index (χ4n) is 2.86. The highest BCUT2D eigenvalue weighted by atomic mass is 16.1. The first-order valence-corrected chi connectivity index (χ1v) is 10.2. The van der Waals surface area contributed by atoms with Crippen LogP contribution in [0.2, 0.25) is 0 Å². The molecule has 2 rings (SSSR count). The largest absolute Gasteiger partial charge is 0.303 e. The highest BCUT2D eigenvalue weighted by Crippen LogP contribution is 2.07. The minimum atomic E-state index is 0.106. The smallest absolute Gasteiger partial charge is 0.156 e. The first kappa shape index (κ1) is 22.5. The van der Waals surface area contributed by atoms with Crippen LogP contribution >= 0.6 is 0 Å². The van der Waals surface area contributed by atoms with E-state index in [0.29, 0.717) is 25.9 Å². The van der Waals surface area contributed by atoms with E-state index in [0.717, 1.165) is 17.7 Å². The Morgan fingerprint density at radius 2 is 1.10 bits per heavy atom. The van der Waals surface area contributed by atoms with E-state index < -0.39 is 0 Å². The Balaban J connectivity index is 1.73. The van der Waals surface area contributed by atoms with E-state index in [1.165, 1.54) is 11.1 Å². The summed E-state index contributed by atoms with van der Waals surface area (Å²) in [6.07, 6.45) is 7.93. The third kappa shape index (κ3) is 8.84. The summed E-state index contributed by atoms with van der Waals surface area (Å²) >= 11 is 0. The van der Waals surface area contributed by atoms with E-state index in [2.05, 4.69) is 11.8 Å². The molecule has 29 heavy (non-hydrogen) atoms. The van der Waals surface area contributed by atoms with Gasteiger partial charge in [-0.25, -0.2) is 0 Å². The monoisotopic (exact) mass is 389 g/mol. The number of allylic oxidation sites excluding steroid dienone is 2. The summed E-state index contributed by atoms with van der Waals surface area (Å²) in [5.74, 6) is 0.212. The molecule has 152 valence electrons. The average Bonchev–Trinajstić information content (AvgIpc) is 2.73. The molecule has 0 unspecified atom stereocenters. The lowest BCUT2D eigenvalue weighted by molar-refractivity contribution is -0.114. The summed E-state index contributed by atoms with van der Waals surface area (Å²) in [5.41, 5.74) is 4.47. The van der Waals surface area contributed by atoms with Crippen LogP contribution in [-0.2, 0) is 9.59 Å². The zero-order valence-corrected chi connectivity index (χ0v) is 17.7. The van der Waals surface area contributed by atoms with Crippen molar-refractivity contribution in [2.75, 3.05) is 19.6 Å².